The molecule has 3 aromatic heterocycles. The molecule has 1 aliphatic heterocycles. The molecule has 3 aromatic rings. The minimum Gasteiger partial charge on any atom is -0.471 e. The Morgan fingerprint density at radius 2 is 2.38 bits per heavy atom. The fraction of sp³-hybridized carbons (Fsp3) is 0.235. The average molecular weight is 392 g/mol. The molecule has 4 heterocycles. The van der Waals surface area contributed by atoms with Crippen LogP contribution in [-0.4, -0.2) is 35.2 Å². The molecule has 1 fully saturated rings. The lowest BCUT2D eigenvalue weighted by Crippen LogP contribution is -2.17. The first-order valence-electron chi connectivity index (χ1n) is 7.90. The Kier molecular flexibility index (Phi) is 4.87. The number of pyridine rings is 1. The van der Waals surface area contributed by atoms with Crippen molar-refractivity contribution in [3.63, 3.8) is 0 Å². The Hall–Kier alpha value is -2.42. The van der Waals surface area contributed by atoms with Crippen LogP contribution in [-0.2, 0) is 4.74 Å². The number of rotatable bonds is 5. The van der Waals surface area contributed by atoms with Gasteiger partial charge in [-0.25, -0.2) is 9.97 Å². The van der Waals surface area contributed by atoms with Crippen LogP contribution in [0.4, 0.5) is 5.13 Å². The molecule has 26 heavy (non-hydrogen) atoms. The minimum absolute atomic E-state index is 0.0602. The van der Waals surface area contributed by atoms with Crippen molar-refractivity contribution in [1.29, 1.82) is 0 Å². The van der Waals surface area contributed by atoms with Crippen molar-refractivity contribution >= 4 is 34.0 Å². The Morgan fingerprint density at radius 1 is 1.46 bits per heavy atom. The Balaban J connectivity index is 1.43. The summed E-state index contributed by atoms with van der Waals surface area (Å²) in [6.07, 6.45) is 3.73. The standard InChI is InChI=1S/C17H14ClN3O4S/c18-12-6-10(7-19-16(12)25-11-3-5-23-8-11)15(22)21-17-20-13(9-26-17)14-2-1-4-24-14/h1-2,4,6-7,9,11H,3,5,8H2,(H,20,21,22). The van der Waals surface area contributed by atoms with Gasteiger partial charge in [0.05, 0.1) is 25.0 Å². The SMILES string of the molecule is O=C(Nc1nc(-c2ccco2)cs1)c1cnc(OC2CCOC2)c(Cl)c1. The van der Waals surface area contributed by atoms with Crippen LogP contribution in [0.5, 0.6) is 5.88 Å². The van der Waals surface area contributed by atoms with Crippen LogP contribution in [0.25, 0.3) is 11.5 Å². The maximum absolute atomic E-state index is 12.4. The number of anilines is 1. The normalized spacial score (nSPS) is 16.6. The molecule has 1 amide bonds. The van der Waals surface area contributed by atoms with Crippen LogP contribution in [0.1, 0.15) is 16.8 Å². The minimum atomic E-state index is -0.351. The largest absolute Gasteiger partial charge is 0.471 e. The summed E-state index contributed by atoms with van der Waals surface area (Å²) in [5.41, 5.74) is 0.980. The third kappa shape index (κ3) is 3.72. The van der Waals surface area contributed by atoms with Crippen molar-refractivity contribution in [1.82, 2.24) is 9.97 Å². The molecule has 0 spiro atoms. The zero-order valence-electron chi connectivity index (χ0n) is 13.5. The van der Waals surface area contributed by atoms with E-state index in [0.717, 1.165) is 6.42 Å². The number of aromatic nitrogens is 2. The Morgan fingerprint density at radius 3 is 3.12 bits per heavy atom. The molecule has 0 bridgehead atoms. The molecule has 1 N–H and O–H groups in total. The van der Waals surface area contributed by atoms with E-state index in [9.17, 15) is 4.79 Å². The number of halogens is 1. The fourth-order valence-corrected chi connectivity index (χ4v) is 3.34. The molecule has 0 saturated carbocycles. The lowest BCUT2D eigenvalue weighted by Gasteiger charge is -2.12. The Bertz CT molecular complexity index is 907. The number of carbonyl (C=O) groups excluding carboxylic acids is 1. The van der Waals surface area contributed by atoms with E-state index >= 15 is 0 Å². The second kappa shape index (κ2) is 7.45. The maximum Gasteiger partial charge on any atom is 0.259 e. The molecule has 1 saturated heterocycles. The number of furan rings is 1. The van der Waals surface area contributed by atoms with Gasteiger partial charge in [0.2, 0.25) is 5.88 Å². The first-order valence-corrected chi connectivity index (χ1v) is 9.15. The van der Waals surface area contributed by atoms with Crippen LogP contribution < -0.4 is 10.1 Å². The zero-order valence-corrected chi connectivity index (χ0v) is 15.0. The third-order valence-corrected chi connectivity index (χ3v) is 4.76. The number of nitrogens with one attached hydrogen (secondary N) is 1. The van der Waals surface area contributed by atoms with Gasteiger partial charge in [0.25, 0.3) is 5.91 Å². The van der Waals surface area contributed by atoms with E-state index in [2.05, 4.69) is 15.3 Å². The molecule has 0 aliphatic carbocycles. The number of hydrogen-bond acceptors (Lipinski definition) is 7. The van der Waals surface area contributed by atoms with Crippen LogP contribution in [0, 0.1) is 0 Å². The predicted molar refractivity (Wildman–Crippen MR) is 96.9 cm³/mol. The monoisotopic (exact) mass is 391 g/mol. The lowest BCUT2D eigenvalue weighted by atomic mass is 10.2. The number of carbonyl (C=O) groups is 1. The van der Waals surface area contributed by atoms with Gasteiger partial charge < -0.3 is 13.9 Å². The van der Waals surface area contributed by atoms with Crippen LogP contribution in [0.15, 0.2) is 40.5 Å². The second-order valence-electron chi connectivity index (χ2n) is 5.58. The molecule has 4 rings (SSSR count). The summed E-state index contributed by atoms with van der Waals surface area (Å²) in [4.78, 5) is 20.9. The van der Waals surface area contributed by atoms with Gasteiger partial charge in [0, 0.05) is 18.0 Å². The summed E-state index contributed by atoms with van der Waals surface area (Å²) in [6.45, 7) is 1.18. The highest BCUT2D eigenvalue weighted by molar-refractivity contribution is 7.14. The summed E-state index contributed by atoms with van der Waals surface area (Å²) in [5, 5.41) is 5.27. The van der Waals surface area contributed by atoms with Crippen molar-refractivity contribution in [3.05, 3.63) is 46.6 Å². The van der Waals surface area contributed by atoms with Crippen LogP contribution in [0.2, 0.25) is 5.02 Å². The van der Waals surface area contributed by atoms with E-state index in [1.807, 2.05) is 0 Å². The van der Waals surface area contributed by atoms with E-state index in [-0.39, 0.29) is 17.0 Å². The molecule has 9 heteroatoms. The van der Waals surface area contributed by atoms with E-state index in [1.54, 1.807) is 23.8 Å². The number of amides is 1. The first-order chi connectivity index (χ1) is 12.7. The molecule has 0 aromatic carbocycles. The van der Waals surface area contributed by atoms with Gasteiger partial charge in [-0.15, -0.1) is 11.3 Å². The quantitative estimate of drug-likeness (QED) is 0.710. The highest BCUT2D eigenvalue weighted by atomic mass is 35.5. The highest BCUT2D eigenvalue weighted by Gasteiger charge is 2.20. The van der Waals surface area contributed by atoms with Crippen LogP contribution in [0.3, 0.4) is 0 Å². The predicted octanol–water partition coefficient (Wildman–Crippen LogP) is 3.87. The second-order valence-corrected chi connectivity index (χ2v) is 6.85. The van der Waals surface area contributed by atoms with E-state index in [4.69, 9.17) is 25.5 Å². The van der Waals surface area contributed by atoms with Gasteiger partial charge in [0.1, 0.15) is 16.8 Å². The first kappa shape index (κ1) is 17.0. The molecule has 1 aliphatic rings. The van der Waals surface area contributed by atoms with Gasteiger partial charge in [-0.3, -0.25) is 10.1 Å². The molecular formula is C17H14ClN3O4S. The van der Waals surface area contributed by atoms with Gasteiger partial charge >= 0.3 is 0 Å². The van der Waals surface area contributed by atoms with E-state index in [1.165, 1.54) is 23.6 Å². The summed E-state index contributed by atoms with van der Waals surface area (Å²) in [6, 6.07) is 5.11. The summed E-state index contributed by atoms with van der Waals surface area (Å²) in [5.74, 6) is 0.590. The van der Waals surface area contributed by atoms with Crippen molar-refractivity contribution in [2.24, 2.45) is 0 Å². The van der Waals surface area contributed by atoms with E-state index in [0.29, 0.717) is 41.2 Å². The molecule has 1 atom stereocenters. The van der Waals surface area contributed by atoms with Crippen molar-refractivity contribution < 1.29 is 18.7 Å². The molecule has 7 nitrogen and oxygen atoms in total. The number of thiazole rings is 1. The molecule has 0 radical (unpaired) electrons. The van der Waals surface area contributed by atoms with Crippen molar-refractivity contribution in [3.8, 4) is 17.3 Å². The molecular weight excluding hydrogens is 378 g/mol. The average Bonchev–Trinajstić information content (AvgIpc) is 3.38. The number of ether oxygens (including phenoxy) is 2. The fourth-order valence-electron chi connectivity index (χ4n) is 2.44. The van der Waals surface area contributed by atoms with E-state index < -0.39 is 0 Å². The van der Waals surface area contributed by atoms with Crippen molar-refractivity contribution in [2.75, 3.05) is 18.5 Å². The summed E-state index contributed by atoms with van der Waals surface area (Å²) >= 11 is 7.50. The van der Waals surface area contributed by atoms with Gasteiger partial charge in [-0.05, 0) is 18.2 Å². The van der Waals surface area contributed by atoms with Crippen LogP contribution >= 0.6 is 22.9 Å². The van der Waals surface area contributed by atoms with Gasteiger partial charge in [-0.2, -0.15) is 0 Å². The summed E-state index contributed by atoms with van der Waals surface area (Å²) < 4.78 is 16.2. The van der Waals surface area contributed by atoms with Gasteiger partial charge in [0.15, 0.2) is 10.9 Å². The maximum atomic E-state index is 12.4. The topological polar surface area (TPSA) is 86.5 Å². The van der Waals surface area contributed by atoms with Gasteiger partial charge in [-0.1, -0.05) is 11.6 Å². The molecule has 134 valence electrons. The Labute approximate surface area is 157 Å². The lowest BCUT2D eigenvalue weighted by molar-refractivity contribution is 0.102. The summed E-state index contributed by atoms with van der Waals surface area (Å²) in [7, 11) is 0. The smallest absolute Gasteiger partial charge is 0.259 e. The highest BCUT2D eigenvalue weighted by Crippen LogP contribution is 2.27. The van der Waals surface area contributed by atoms with Crippen molar-refractivity contribution in [2.45, 2.75) is 12.5 Å². The third-order valence-electron chi connectivity index (χ3n) is 3.73. The number of hydrogen-bond donors (Lipinski definition) is 1. The number of nitrogens with zero attached hydrogens (tertiary/aromatic N) is 2. The zero-order chi connectivity index (χ0) is 17.9. The molecule has 1 unspecified atom stereocenters.